The molecule has 0 fully saturated rings. The van der Waals surface area contributed by atoms with Crippen LogP contribution in [-0.2, 0) is 5.75 Å². The summed E-state index contributed by atoms with van der Waals surface area (Å²) in [6.45, 7) is 0. The Hall–Kier alpha value is -2.87. The van der Waals surface area contributed by atoms with Gasteiger partial charge in [0.25, 0.3) is 16.8 Å². The maximum absolute atomic E-state index is 10.8. The van der Waals surface area contributed by atoms with E-state index in [2.05, 4.69) is 10.2 Å². The number of aromatic nitrogens is 2. The van der Waals surface area contributed by atoms with Crippen LogP contribution in [0.2, 0.25) is 0 Å². The van der Waals surface area contributed by atoms with Crippen LogP contribution in [0, 0.1) is 10.1 Å². The van der Waals surface area contributed by atoms with Gasteiger partial charge in [0, 0.05) is 17.9 Å². The first-order valence-electron chi connectivity index (χ1n) is 7.00. The monoisotopic (exact) mass is 343 g/mol. The SMILES string of the molecule is COc1ccccc1-c1nnc(SCc2cccc([N+](=O)[O-])c2)o1. The Balaban J connectivity index is 1.73. The normalized spacial score (nSPS) is 10.5. The Bertz CT molecular complexity index is 866. The maximum atomic E-state index is 10.8. The highest BCUT2D eigenvalue weighted by Gasteiger charge is 2.14. The van der Waals surface area contributed by atoms with E-state index < -0.39 is 4.92 Å². The fourth-order valence-electron chi connectivity index (χ4n) is 2.10. The van der Waals surface area contributed by atoms with Gasteiger partial charge in [-0.1, -0.05) is 36.0 Å². The van der Waals surface area contributed by atoms with Gasteiger partial charge < -0.3 is 9.15 Å². The lowest BCUT2D eigenvalue weighted by Crippen LogP contribution is -1.89. The Labute approximate surface area is 141 Å². The summed E-state index contributed by atoms with van der Waals surface area (Å²) in [5.41, 5.74) is 1.59. The second-order valence-electron chi connectivity index (χ2n) is 4.79. The molecule has 24 heavy (non-hydrogen) atoms. The van der Waals surface area contributed by atoms with Crippen LogP contribution in [0.25, 0.3) is 11.5 Å². The second-order valence-corrected chi connectivity index (χ2v) is 5.72. The van der Waals surface area contributed by atoms with E-state index in [1.807, 2.05) is 30.3 Å². The smallest absolute Gasteiger partial charge is 0.277 e. The van der Waals surface area contributed by atoms with Gasteiger partial charge in [-0.15, -0.1) is 10.2 Å². The summed E-state index contributed by atoms with van der Waals surface area (Å²) >= 11 is 1.32. The molecule has 0 saturated carbocycles. The summed E-state index contributed by atoms with van der Waals surface area (Å²) in [6, 6.07) is 13.8. The molecule has 0 bridgehead atoms. The number of methoxy groups -OCH3 is 1. The van der Waals surface area contributed by atoms with Crippen molar-refractivity contribution in [2.24, 2.45) is 0 Å². The molecule has 0 amide bonds. The molecule has 3 rings (SSSR count). The molecular formula is C16H13N3O4S. The van der Waals surface area contributed by atoms with Gasteiger partial charge in [-0.25, -0.2) is 0 Å². The van der Waals surface area contributed by atoms with Gasteiger partial charge in [-0.2, -0.15) is 0 Å². The van der Waals surface area contributed by atoms with E-state index >= 15 is 0 Å². The standard InChI is InChI=1S/C16H13N3O4S/c1-22-14-8-3-2-7-13(14)15-17-18-16(23-15)24-10-11-5-4-6-12(9-11)19(20)21/h2-9H,10H2,1H3. The Morgan fingerprint density at radius 1 is 1.21 bits per heavy atom. The van der Waals surface area contributed by atoms with E-state index in [1.165, 1.54) is 23.9 Å². The van der Waals surface area contributed by atoms with Gasteiger partial charge in [0.15, 0.2) is 0 Å². The Morgan fingerprint density at radius 3 is 2.83 bits per heavy atom. The van der Waals surface area contributed by atoms with Crippen molar-refractivity contribution in [3.63, 3.8) is 0 Å². The molecule has 0 aliphatic heterocycles. The first kappa shape index (κ1) is 16.0. The van der Waals surface area contributed by atoms with E-state index in [1.54, 1.807) is 13.2 Å². The van der Waals surface area contributed by atoms with Gasteiger partial charge in [0.1, 0.15) is 5.75 Å². The summed E-state index contributed by atoms with van der Waals surface area (Å²) < 4.78 is 10.9. The molecule has 0 unspecified atom stereocenters. The number of thioether (sulfide) groups is 1. The summed E-state index contributed by atoms with van der Waals surface area (Å²) in [4.78, 5) is 10.4. The molecule has 0 aliphatic rings. The minimum absolute atomic E-state index is 0.0633. The van der Waals surface area contributed by atoms with Crippen LogP contribution in [0.1, 0.15) is 5.56 Å². The van der Waals surface area contributed by atoms with Crippen molar-refractivity contribution in [2.75, 3.05) is 7.11 Å². The van der Waals surface area contributed by atoms with E-state index in [0.717, 1.165) is 11.1 Å². The third-order valence-electron chi connectivity index (χ3n) is 3.23. The van der Waals surface area contributed by atoms with Crippen molar-refractivity contribution in [2.45, 2.75) is 11.0 Å². The first-order chi connectivity index (χ1) is 11.7. The van der Waals surface area contributed by atoms with Crippen LogP contribution in [0.4, 0.5) is 5.69 Å². The highest BCUT2D eigenvalue weighted by Crippen LogP contribution is 2.31. The van der Waals surface area contributed by atoms with Crippen LogP contribution in [-0.4, -0.2) is 22.2 Å². The summed E-state index contributed by atoms with van der Waals surface area (Å²) in [6.07, 6.45) is 0. The lowest BCUT2D eigenvalue weighted by Gasteiger charge is -2.03. The van der Waals surface area contributed by atoms with Crippen LogP contribution in [0.3, 0.4) is 0 Å². The van der Waals surface area contributed by atoms with E-state index in [0.29, 0.717) is 22.6 Å². The largest absolute Gasteiger partial charge is 0.496 e. The third-order valence-corrected chi connectivity index (χ3v) is 4.12. The number of benzene rings is 2. The lowest BCUT2D eigenvalue weighted by molar-refractivity contribution is -0.384. The van der Waals surface area contributed by atoms with Gasteiger partial charge in [-0.3, -0.25) is 10.1 Å². The molecule has 122 valence electrons. The third kappa shape index (κ3) is 3.54. The van der Waals surface area contributed by atoms with Gasteiger partial charge in [0.2, 0.25) is 0 Å². The number of nitro benzene ring substituents is 1. The molecule has 8 heteroatoms. The summed E-state index contributed by atoms with van der Waals surface area (Å²) in [7, 11) is 1.58. The second kappa shape index (κ2) is 7.14. The molecule has 1 heterocycles. The molecule has 1 aromatic heterocycles. The fourth-order valence-corrected chi connectivity index (χ4v) is 2.81. The van der Waals surface area contributed by atoms with Crippen LogP contribution in [0.15, 0.2) is 58.2 Å². The van der Waals surface area contributed by atoms with Gasteiger partial charge >= 0.3 is 0 Å². The quantitative estimate of drug-likeness (QED) is 0.380. The van der Waals surface area contributed by atoms with E-state index in [-0.39, 0.29) is 5.69 Å². The van der Waals surface area contributed by atoms with Crippen molar-refractivity contribution in [3.05, 3.63) is 64.2 Å². The molecule has 2 aromatic carbocycles. The van der Waals surface area contributed by atoms with E-state index in [4.69, 9.17) is 9.15 Å². The number of ether oxygens (including phenoxy) is 1. The molecule has 0 radical (unpaired) electrons. The molecular weight excluding hydrogens is 330 g/mol. The zero-order valence-electron chi connectivity index (χ0n) is 12.7. The summed E-state index contributed by atoms with van der Waals surface area (Å²) in [5.74, 6) is 1.51. The number of nitrogens with zero attached hydrogens (tertiary/aromatic N) is 3. The van der Waals surface area contributed by atoms with Crippen molar-refractivity contribution < 1.29 is 14.1 Å². The van der Waals surface area contributed by atoms with Crippen molar-refractivity contribution in [1.29, 1.82) is 0 Å². The highest BCUT2D eigenvalue weighted by atomic mass is 32.2. The molecule has 0 saturated heterocycles. The van der Waals surface area contributed by atoms with Crippen LogP contribution in [0.5, 0.6) is 5.75 Å². The molecule has 0 atom stereocenters. The molecule has 7 nitrogen and oxygen atoms in total. The summed E-state index contributed by atoms with van der Waals surface area (Å²) in [5, 5.41) is 19.2. The number of rotatable bonds is 6. The number of hydrogen-bond acceptors (Lipinski definition) is 7. The zero-order chi connectivity index (χ0) is 16.9. The van der Waals surface area contributed by atoms with Crippen LogP contribution >= 0.6 is 11.8 Å². The van der Waals surface area contributed by atoms with Crippen molar-refractivity contribution in [1.82, 2.24) is 10.2 Å². The molecule has 0 spiro atoms. The number of hydrogen-bond donors (Lipinski definition) is 0. The average Bonchev–Trinajstić information content (AvgIpc) is 3.09. The number of para-hydroxylation sites is 1. The molecule has 3 aromatic rings. The van der Waals surface area contributed by atoms with Crippen molar-refractivity contribution >= 4 is 17.4 Å². The predicted octanol–water partition coefficient (Wildman–Crippen LogP) is 3.95. The minimum Gasteiger partial charge on any atom is -0.496 e. The first-order valence-corrected chi connectivity index (χ1v) is 7.99. The predicted molar refractivity (Wildman–Crippen MR) is 88.9 cm³/mol. The topological polar surface area (TPSA) is 91.3 Å². The van der Waals surface area contributed by atoms with Gasteiger partial charge in [0.05, 0.1) is 17.6 Å². The lowest BCUT2D eigenvalue weighted by atomic mass is 10.2. The van der Waals surface area contributed by atoms with E-state index in [9.17, 15) is 10.1 Å². The fraction of sp³-hybridized carbons (Fsp3) is 0.125. The van der Waals surface area contributed by atoms with Crippen LogP contribution < -0.4 is 4.74 Å². The number of non-ortho nitro benzene ring substituents is 1. The van der Waals surface area contributed by atoms with Gasteiger partial charge in [-0.05, 0) is 17.7 Å². The Kier molecular flexibility index (Phi) is 4.76. The molecule has 0 N–H and O–H groups in total. The number of nitro groups is 1. The molecule has 0 aliphatic carbocycles. The maximum Gasteiger partial charge on any atom is 0.277 e. The van der Waals surface area contributed by atoms with Crippen molar-refractivity contribution in [3.8, 4) is 17.2 Å². The zero-order valence-corrected chi connectivity index (χ0v) is 13.5. The average molecular weight is 343 g/mol. The minimum atomic E-state index is -0.416. The Morgan fingerprint density at radius 2 is 2.04 bits per heavy atom. The highest BCUT2D eigenvalue weighted by molar-refractivity contribution is 7.98.